The molecule has 0 atom stereocenters. The minimum absolute atomic E-state index is 0.0697. The lowest BCUT2D eigenvalue weighted by molar-refractivity contribution is 0.351. The molecule has 1 rings (SSSR count). The van der Waals surface area contributed by atoms with Gasteiger partial charge in [-0.2, -0.15) is 8.42 Å². The second-order valence-corrected chi connectivity index (χ2v) is 5.01. The van der Waals surface area contributed by atoms with E-state index in [1.54, 1.807) is 12.1 Å². The van der Waals surface area contributed by atoms with Crippen molar-refractivity contribution >= 4 is 10.1 Å². The summed E-state index contributed by atoms with van der Waals surface area (Å²) in [6.45, 7) is 8.86. The van der Waals surface area contributed by atoms with Crippen LogP contribution in [0.3, 0.4) is 0 Å². The number of aryl methyl sites for hydroxylation is 1. The van der Waals surface area contributed by atoms with Crippen molar-refractivity contribution in [1.29, 1.82) is 0 Å². The fraction of sp³-hybridized carbons (Fsp3) is 0.167. The molecule has 0 amide bonds. The summed E-state index contributed by atoms with van der Waals surface area (Å²) >= 11 is 0. The minimum Gasteiger partial charge on any atom is -0.262 e. The molecule has 0 saturated carbocycles. The van der Waals surface area contributed by atoms with Crippen LogP contribution >= 0.6 is 0 Å². The molecular weight excluding hydrogens is 224 g/mol. The normalized spacial score (nSPS) is 11.1. The molecule has 0 aliphatic carbocycles. The topological polar surface area (TPSA) is 43.4 Å². The van der Waals surface area contributed by atoms with Crippen LogP contribution in [0, 0.1) is 6.92 Å². The Kier molecular flexibility index (Phi) is 4.04. The van der Waals surface area contributed by atoms with E-state index in [9.17, 15) is 8.42 Å². The van der Waals surface area contributed by atoms with Gasteiger partial charge in [0.05, 0.1) is 11.5 Å². The van der Waals surface area contributed by atoms with Gasteiger partial charge < -0.3 is 0 Å². The van der Waals surface area contributed by atoms with Gasteiger partial charge in [0.2, 0.25) is 0 Å². The number of benzene rings is 1. The molecule has 0 spiro atoms. The molecule has 0 saturated heterocycles. The predicted octanol–water partition coefficient (Wildman–Crippen LogP) is 2.44. The van der Waals surface area contributed by atoms with Gasteiger partial charge >= 0.3 is 0 Å². The Morgan fingerprint density at radius 1 is 1.38 bits per heavy atom. The second-order valence-electron chi connectivity index (χ2n) is 3.39. The lowest BCUT2D eigenvalue weighted by Gasteiger charge is -2.05. The van der Waals surface area contributed by atoms with Crippen molar-refractivity contribution in [3.8, 4) is 0 Å². The van der Waals surface area contributed by atoms with Gasteiger partial charge in [-0.3, -0.25) is 4.18 Å². The van der Waals surface area contributed by atoms with Crippen LogP contribution < -0.4 is 0 Å². The van der Waals surface area contributed by atoms with Gasteiger partial charge in [0, 0.05) is 0 Å². The molecule has 0 radical (unpaired) electrons. The molecule has 0 fully saturated rings. The van der Waals surface area contributed by atoms with Crippen LogP contribution in [0.2, 0.25) is 0 Å². The van der Waals surface area contributed by atoms with E-state index in [4.69, 9.17) is 4.18 Å². The lowest BCUT2D eigenvalue weighted by atomic mass is 10.2. The van der Waals surface area contributed by atoms with E-state index in [0.717, 1.165) is 5.56 Å². The van der Waals surface area contributed by atoms with Crippen LogP contribution in [-0.2, 0) is 14.3 Å². The summed E-state index contributed by atoms with van der Waals surface area (Å²) in [5.41, 5.74) is 1.52. The third kappa shape index (κ3) is 3.32. The molecule has 0 aliphatic rings. The fourth-order valence-electron chi connectivity index (χ4n) is 0.985. The van der Waals surface area contributed by atoms with E-state index in [0.29, 0.717) is 5.57 Å². The van der Waals surface area contributed by atoms with Crippen LogP contribution in [0.25, 0.3) is 0 Å². The molecule has 0 heterocycles. The summed E-state index contributed by atoms with van der Waals surface area (Å²) in [7, 11) is -3.69. The summed E-state index contributed by atoms with van der Waals surface area (Å²) < 4.78 is 28.1. The molecule has 0 aliphatic heterocycles. The summed E-state index contributed by atoms with van der Waals surface area (Å²) in [5.74, 6) is 0. The van der Waals surface area contributed by atoms with Crippen molar-refractivity contribution in [1.82, 2.24) is 0 Å². The van der Waals surface area contributed by atoms with E-state index in [2.05, 4.69) is 13.2 Å². The molecule has 86 valence electrons. The van der Waals surface area contributed by atoms with Crippen LogP contribution in [-0.4, -0.2) is 15.0 Å². The standard InChI is InChI=1S/C12H14O3S/c1-4-10(2)9-15-16(13,14)12-7-5-11(3)6-8-12/h4-8H,1-2,9H2,3H3. The lowest BCUT2D eigenvalue weighted by Crippen LogP contribution is -2.08. The van der Waals surface area contributed by atoms with Crippen LogP contribution in [0.1, 0.15) is 5.56 Å². The molecule has 0 unspecified atom stereocenters. The Bertz CT molecular complexity index is 484. The summed E-state index contributed by atoms with van der Waals surface area (Å²) in [4.78, 5) is 0.148. The highest BCUT2D eigenvalue weighted by Crippen LogP contribution is 2.13. The smallest absolute Gasteiger partial charge is 0.262 e. The highest BCUT2D eigenvalue weighted by atomic mass is 32.2. The van der Waals surface area contributed by atoms with Gasteiger partial charge in [-0.15, -0.1) is 0 Å². The first kappa shape index (κ1) is 12.7. The van der Waals surface area contributed by atoms with E-state index in [1.807, 2.05) is 6.92 Å². The third-order valence-corrected chi connectivity index (χ3v) is 3.28. The average Bonchev–Trinajstić information content (AvgIpc) is 2.26. The second kappa shape index (κ2) is 5.09. The monoisotopic (exact) mass is 238 g/mol. The molecule has 1 aromatic rings. The number of rotatable bonds is 5. The van der Waals surface area contributed by atoms with Gasteiger partial charge in [0.1, 0.15) is 0 Å². The van der Waals surface area contributed by atoms with Crippen LogP contribution in [0.5, 0.6) is 0 Å². The Balaban J connectivity index is 2.82. The van der Waals surface area contributed by atoms with E-state index in [-0.39, 0.29) is 11.5 Å². The number of hydrogen-bond donors (Lipinski definition) is 0. The van der Waals surface area contributed by atoms with Crippen molar-refractivity contribution in [2.75, 3.05) is 6.61 Å². The predicted molar refractivity (Wildman–Crippen MR) is 63.7 cm³/mol. The zero-order valence-electron chi connectivity index (χ0n) is 9.14. The SMILES string of the molecule is C=CC(=C)COS(=O)(=O)c1ccc(C)cc1. The minimum atomic E-state index is -3.69. The van der Waals surface area contributed by atoms with Gasteiger partial charge in [-0.25, -0.2) is 0 Å². The third-order valence-electron chi connectivity index (χ3n) is 2.00. The summed E-state index contributed by atoms with van der Waals surface area (Å²) in [6, 6.07) is 6.47. The number of hydrogen-bond acceptors (Lipinski definition) is 3. The van der Waals surface area contributed by atoms with Gasteiger partial charge in [0.15, 0.2) is 0 Å². The fourth-order valence-corrected chi connectivity index (χ4v) is 1.90. The maximum Gasteiger partial charge on any atom is 0.297 e. The molecule has 0 aromatic heterocycles. The molecular formula is C12H14O3S. The molecule has 1 aromatic carbocycles. The molecule has 0 bridgehead atoms. The van der Waals surface area contributed by atoms with Crippen molar-refractivity contribution in [2.45, 2.75) is 11.8 Å². The average molecular weight is 238 g/mol. The maximum atomic E-state index is 11.7. The first-order valence-electron chi connectivity index (χ1n) is 4.72. The van der Waals surface area contributed by atoms with Crippen LogP contribution in [0.4, 0.5) is 0 Å². The Morgan fingerprint density at radius 3 is 2.44 bits per heavy atom. The van der Waals surface area contributed by atoms with Gasteiger partial charge in [0.25, 0.3) is 10.1 Å². The first-order chi connectivity index (χ1) is 7.45. The maximum absolute atomic E-state index is 11.7. The first-order valence-corrected chi connectivity index (χ1v) is 6.13. The molecule has 3 nitrogen and oxygen atoms in total. The summed E-state index contributed by atoms with van der Waals surface area (Å²) in [6.07, 6.45) is 1.46. The van der Waals surface area contributed by atoms with Crippen molar-refractivity contribution in [3.05, 3.63) is 54.6 Å². The van der Waals surface area contributed by atoms with Crippen LogP contribution in [0.15, 0.2) is 54.0 Å². The molecule has 16 heavy (non-hydrogen) atoms. The zero-order valence-corrected chi connectivity index (χ0v) is 9.96. The van der Waals surface area contributed by atoms with Crippen molar-refractivity contribution < 1.29 is 12.6 Å². The van der Waals surface area contributed by atoms with Crippen molar-refractivity contribution in [2.24, 2.45) is 0 Å². The van der Waals surface area contributed by atoms with Crippen molar-refractivity contribution in [3.63, 3.8) is 0 Å². The molecule has 4 heteroatoms. The van der Waals surface area contributed by atoms with Gasteiger partial charge in [-0.05, 0) is 24.6 Å². The Hall–Kier alpha value is -1.39. The highest BCUT2D eigenvalue weighted by Gasteiger charge is 2.14. The zero-order chi connectivity index (χ0) is 12.2. The summed E-state index contributed by atoms with van der Waals surface area (Å²) in [5, 5.41) is 0. The van der Waals surface area contributed by atoms with E-state index < -0.39 is 10.1 Å². The van der Waals surface area contributed by atoms with Gasteiger partial charge in [-0.1, -0.05) is 36.9 Å². The Morgan fingerprint density at radius 2 is 1.94 bits per heavy atom. The Labute approximate surface area is 96.2 Å². The highest BCUT2D eigenvalue weighted by molar-refractivity contribution is 7.86. The largest absolute Gasteiger partial charge is 0.297 e. The quantitative estimate of drug-likeness (QED) is 0.584. The molecule has 0 N–H and O–H groups in total. The van der Waals surface area contributed by atoms with E-state index in [1.165, 1.54) is 18.2 Å². The van der Waals surface area contributed by atoms with E-state index >= 15 is 0 Å².